The summed E-state index contributed by atoms with van der Waals surface area (Å²) in [5, 5.41) is 2.12. The van der Waals surface area contributed by atoms with Crippen molar-refractivity contribution < 1.29 is 9.59 Å². The van der Waals surface area contributed by atoms with Gasteiger partial charge in [0.05, 0.1) is 12.6 Å². The van der Waals surface area contributed by atoms with E-state index in [0.29, 0.717) is 19.5 Å². The Kier molecular flexibility index (Phi) is 7.35. The van der Waals surface area contributed by atoms with Gasteiger partial charge >= 0.3 is 0 Å². The van der Waals surface area contributed by atoms with Crippen molar-refractivity contribution >= 4 is 23.2 Å². The second kappa shape index (κ2) is 9.78. The largest absolute Gasteiger partial charge is 0.333 e. The highest BCUT2D eigenvalue weighted by atomic mass is 32.1. The van der Waals surface area contributed by atoms with Gasteiger partial charge in [0.25, 0.3) is 0 Å². The molecule has 1 aliphatic heterocycles. The molecule has 0 unspecified atom stereocenters. The molecule has 0 fully saturated rings. The number of hydrogen-bond acceptors (Lipinski definition) is 3. The minimum atomic E-state index is -0.0894. The average Bonchev–Trinajstić information content (AvgIpc) is 3.18. The van der Waals surface area contributed by atoms with E-state index in [2.05, 4.69) is 51.3 Å². The molecular formula is C25H34N2O2S. The molecule has 0 N–H and O–H groups in total. The predicted octanol–water partition coefficient (Wildman–Crippen LogP) is 5.29. The van der Waals surface area contributed by atoms with Crippen molar-refractivity contribution in [3.8, 4) is 0 Å². The summed E-state index contributed by atoms with van der Waals surface area (Å²) in [4.78, 5) is 31.6. The Balaban J connectivity index is 1.83. The standard InChI is InChI=1S/C25H34N2O2S/c1-5-6-14-26(22(28)17-25(2,3)4)18-23(29)27-15-12-21-20(13-16-30-21)24(27)19-10-8-7-9-11-19/h7-11,13,16,24H,5-6,12,14-15,17-18H2,1-4H3/t24-/m0/s1. The van der Waals surface area contributed by atoms with Crippen LogP contribution in [0.5, 0.6) is 0 Å². The van der Waals surface area contributed by atoms with Crippen LogP contribution in [0.4, 0.5) is 0 Å². The second-order valence-electron chi connectivity index (χ2n) is 9.36. The van der Waals surface area contributed by atoms with Crippen LogP contribution in [0.1, 0.15) is 69.0 Å². The molecule has 5 heteroatoms. The fraction of sp³-hybridized carbons (Fsp3) is 0.520. The maximum absolute atomic E-state index is 13.5. The molecule has 0 saturated heterocycles. The molecule has 0 aliphatic carbocycles. The SMILES string of the molecule is CCCCN(CC(=O)N1CCc2sccc2[C@@H]1c1ccccc1)C(=O)CC(C)(C)C. The summed E-state index contributed by atoms with van der Waals surface area (Å²) in [5.41, 5.74) is 2.27. The molecule has 0 spiro atoms. The second-order valence-corrected chi connectivity index (χ2v) is 10.4. The number of carbonyl (C=O) groups excluding carboxylic acids is 2. The lowest BCUT2D eigenvalue weighted by atomic mass is 9.91. The molecule has 3 rings (SSSR count). The molecule has 2 amide bonds. The highest BCUT2D eigenvalue weighted by Gasteiger charge is 2.34. The molecule has 0 bridgehead atoms. The van der Waals surface area contributed by atoms with Crippen molar-refractivity contribution in [2.75, 3.05) is 19.6 Å². The first-order valence-corrected chi connectivity index (χ1v) is 11.9. The lowest BCUT2D eigenvalue weighted by Gasteiger charge is -2.38. The molecule has 2 aromatic rings. The zero-order valence-electron chi connectivity index (χ0n) is 18.7. The molecule has 1 atom stereocenters. The summed E-state index contributed by atoms with van der Waals surface area (Å²) >= 11 is 1.77. The van der Waals surface area contributed by atoms with E-state index < -0.39 is 0 Å². The number of fused-ring (bicyclic) bond motifs is 1. The molecule has 0 radical (unpaired) electrons. The summed E-state index contributed by atoms with van der Waals surface area (Å²) in [6, 6.07) is 12.3. The number of carbonyl (C=O) groups is 2. The van der Waals surface area contributed by atoms with Gasteiger partial charge in [-0.15, -0.1) is 11.3 Å². The van der Waals surface area contributed by atoms with E-state index in [4.69, 9.17) is 0 Å². The topological polar surface area (TPSA) is 40.6 Å². The van der Waals surface area contributed by atoms with Gasteiger partial charge in [0, 0.05) is 24.4 Å². The van der Waals surface area contributed by atoms with Gasteiger partial charge in [-0.3, -0.25) is 9.59 Å². The van der Waals surface area contributed by atoms with Gasteiger partial charge in [0.2, 0.25) is 11.8 Å². The maximum atomic E-state index is 13.5. The van der Waals surface area contributed by atoms with Crippen molar-refractivity contribution in [3.63, 3.8) is 0 Å². The van der Waals surface area contributed by atoms with Crippen molar-refractivity contribution in [2.24, 2.45) is 5.41 Å². The Labute approximate surface area is 184 Å². The molecule has 1 aromatic heterocycles. The third-order valence-corrected chi connectivity index (χ3v) is 6.54. The van der Waals surface area contributed by atoms with Crippen LogP contribution in [-0.4, -0.2) is 41.2 Å². The Morgan fingerprint density at radius 3 is 2.57 bits per heavy atom. The number of rotatable bonds is 7. The molecule has 2 heterocycles. The molecular weight excluding hydrogens is 392 g/mol. The third kappa shape index (κ3) is 5.51. The Morgan fingerprint density at radius 1 is 1.17 bits per heavy atom. The average molecular weight is 427 g/mol. The van der Waals surface area contributed by atoms with E-state index in [1.807, 2.05) is 23.1 Å². The van der Waals surface area contributed by atoms with Gasteiger partial charge in [-0.25, -0.2) is 0 Å². The minimum Gasteiger partial charge on any atom is -0.333 e. The van der Waals surface area contributed by atoms with E-state index in [0.717, 1.165) is 24.8 Å². The van der Waals surface area contributed by atoms with Crippen LogP contribution in [0.25, 0.3) is 0 Å². The first-order chi connectivity index (χ1) is 14.3. The monoisotopic (exact) mass is 426 g/mol. The fourth-order valence-electron chi connectivity index (χ4n) is 4.04. The van der Waals surface area contributed by atoms with Crippen LogP contribution in [-0.2, 0) is 16.0 Å². The van der Waals surface area contributed by atoms with E-state index in [1.165, 1.54) is 10.4 Å². The first-order valence-electron chi connectivity index (χ1n) is 11.0. The molecule has 30 heavy (non-hydrogen) atoms. The number of amides is 2. The molecule has 4 nitrogen and oxygen atoms in total. The number of hydrogen-bond donors (Lipinski definition) is 0. The normalized spacial score (nSPS) is 16.3. The van der Waals surface area contributed by atoms with Crippen LogP contribution in [0.2, 0.25) is 0 Å². The van der Waals surface area contributed by atoms with Gasteiger partial charge in [0.1, 0.15) is 0 Å². The molecule has 1 aliphatic rings. The summed E-state index contributed by atoms with van der Waals surface area (Å²) < 4.78 is 0. The smallest absolute Gasteiger partial charge is 0.242 e. The van der Waals surface area contributed by atoms with Crippen molar-refractivity contribution in [1.82, 2.24) is 9.80 Å². The van der Waals surface area contributed by atoms with E-state index in [-0.39, 0.29) is 29.8 Å². The lowest BCUT2D eigenvalue weighted by Crippen LogP contribution is -2.47. The number of benzene rings is 1. The van der Waals surface area contributed by atoms with Gasteiger partial charge < -0.3 is 9.80 Å². The van der Waals surface area contributed by atoms with E-state index in [9.17, 15) is 9.59 Å². The zero-order valence-corrected chi connectivity index (χ0v) is 19.5. The molecule has 1 aromatic carbocycles. The Bertz CT molecular complexity index is 854. The van der Waals surface area contributed by atoms with Crippen LogP contribution in [0.15, 0.2) is 41.8 Å². The zero-order chi connectivity index (χ0) is 21.7. The quantitative estimate of drug-likeness (QED) is 0.604. The summed E-state index contributed by atoms with van der Waals surface area (Å²) in [7, 11) is 0. The van der Waals surface area contributed by atoms with Crippen LogP contribution in [0.3, 0.4) is 0 Å². The van der Waals surface area contributed by atoms with Crippen LogP contribution < -0.4 is 0 Å². The molecule has 0 saturated carbocycles. The van der Waals surface area contributed by atoms with Gasteiger partial charge in [0.15, 0.2) is 0 Å². The summed E-state index contributed by atoms with van der Waals surface area (Å²) in [5.74, 6) is 0.118. The first kappa shape index (κ1) is 22.5. The van der Waals surface area contributed by atoms with Crippen LogP contribution in [0, 0.1) is 5.41 Å². The highest BCUT2D eigenvalue weighted by Crippen LogP contribution is 2.37. The van der Waals surface area contributed by atoms with Crippen molar-refractivity contribution in [1.29, 1.82) is 0 Å². The van der Waals surface area contributed by atoms with Crippen molar-refractivity contribution in [2.45, 2.75) is 59.4 Å². The maximum Gasteiger partial charge on any atom is 0.242 e. The lowest BCUT2D eigenvalue weighted by molar-refractivity contribution is -0.142. The van der Waals surface area contributed by atoms with E-state index in [1.54, 1.807) is 16.2 Å². The summed E-state index contributed by atoms with van der Waals surface area (Å²) in [6.07, 6.45) is 3.26. The van der Waals surface area contributed by atoms with Crippen LogP contribution >= 0.6 is 11.3 Å². The number of unbranched alkanes of at least 4 members (excludes halogenated alkanes) is 1. The van der Waals surface area contributed by atoms with Gasteiger partial charge in [-0.1, -0.05) is 64.4 Å². The van der Waals surface area contributed by atoms with Gasteiger partial charge in [-0.05, 0) is 40.8 Å². The van der Waals surface area contributed by atoms with E-state index >= 15 is 0 Å². The Morgan fingerprint density at radius 2 is 1.90 bits per heavy atom. The fourth-order valence-corrected chi connectivity index (χ4v) is 4.94. The minimum absolute atomic E-state index is 0.0408. The molecule has 162 valence electrons. The third-order valence-electron chi connectivity index (χ3n) is 5.54. The Hall–Kier alpha value is -2.14. The van der Waals surface area contributed by atoms with Crippen molar-refractivity contribution in [3.05, 3.63) is 57.8 Å². The number of thiophene rings is 1. The van der Waals surface area contributed by atoms with Gasteiger partial charge in [-0.2, -0.15) is 0 Å². The summed E-state index contributed by atoms with van der Waals surface area (Å²) in [6.45, 7) is 9.82. The highest BCUT2D eigenvalue weighted by molar-refractivity contribution is 7.10. The number of nitrogens with zero attached hydrogens (tertiary/aromatic N) is 2. The predicted molar refractivity (Wildman–Crippen MR) is 124 cm³/mol.